The molecule has 2 atom stereocenters. The topological polar surface area (TPSA) is 64.3 Å². The lowest BCUT2D eigenvalue weighted by molar-refractivity contribution is -0.124. The Kier molecular flexibility index (Phi) is 5.82. The molecule has 1 aromatic rings. The minimum atomic E-state index is -0.213. The van der Waals surface area contributed by atoms with Gasteiger partial charge in [0.2, 0.25) is 5.91 Å². The Morgan fingerprint density at radius 2 is 2.00 bits per heavy atom. The van der Waals surface area contributed by atoms with Crippen LogP contribution in [0.25, 0.3) is 0 Å². The van der Waals surface area contributed by atoms with Crippen LogP contribution in [0.3, 0.4) is 0 Å². The van der Waals surface area contributed by atoms with Crippen LogP contribution in [0.2, 0.25) is 0 Å². The number of ether oxygens (including phenoxy) is 1. The Morgan fingerprint density at radius 1 is 1.39 bits per heavy atom. The maximum absolute atomic E-state index is 11.8. The third-order valence-electron chi connectivity index (χ3n) is 2.96. The molecule has 4 nitrogen and oxygen atoms in total. The average molecular weight is 250 g/mol. The third-order valence-corrected chi connectivity index (χ3v) is 2.96. The van der Waals surface area contributed by atoms with Gasteiger partial charge in [-0.25, -0.2) is 0 Å². The molecule has 0 aliphatic heterocycles. The molecule has 0 aliphatic rings. The second-order valence-corrected chi connectivity index (χ2v) is 4.50. The fraction of sp³-hybridized carbons (Fsp3) is 0.500. The lowest BCUT2D eigenvalue weighted by Gasteiger charge is -2.17. The molecule has 0 spiro atoms. The number of hydrogen-bond donors (Lipinski definition) is 2. The zero-order valence-electron chi connectivity index (χ0n) is 11.3. The van der Waals surface area contributed by atoms with Gasteiger partial charge in [-0.1, -0.05) is 29.8 Å². The Labute approximate surface area is 109 Å². The highest BCUT2D eigenvalue weighted by Gasteiger charge is 2.14. The van der Waals surface area contributed by atoms with Gasteiger partial charge in [0, 0.05) is 13.7 Å². The lowest BCUT2D eigenvalue weighted by Crippen LogP contribution is -2.33. The van der Waals surface area contributed by atoms with Crippen molar-refractivity contribution in [2.75, 3.05) is 13.7 Å². The monoisotopic (exact) mass is 250 g/mol. The van der Waals surface area contributed by atoms with Crippen LogP contribution in [0.15, 0.2) is 24.3 Å². The van der Waals surface area contributed by atoms with Crippen molar-refractivity contribution in [2.24, 2.45) is 5.73 Å². The van der Waals surface area contributed by atoms with Crippen molar-refractivity contribution in [3.8, 4) is 0 Å². The number of rotatable bonds is 6. The Morgan fingerprint density at radius 3 is 2.50 bits per heavy atom. The van der Waals surface area contributed by atoms with Crippen LogP contribution in [0.1, 0.15) is 30.5 Å². The molecule has 1 aromatic carbocycles. The molecule has 4 heteroatoms. The second kappa shape index (κ2) is 7.13. The number of nitrogens with one attached hydrogen (secondary N) is 1. The van der Waals surface area contributed by atoms with Gasteiger partial charge in [-0.3, -0.25) is 4.79 Å². The standard InChI is InChI=1S/C14H22N2O2/c1-10-4-6-12(7-5-10)11(2)16-14(17)8-13(9-15)18-3/h4-7,11,13H,8-9,15H2,1-3H3,(H,16,17)/t11-,13?/m0/s1. The van der Waals surface area contributed by atoms with E-state index in [4.69, 9.17) is 10.5 Å². The third kappa shape index (κ3) is 4.47. The van der Waals surface area contributed by atoms with Crippen LogP contribution in [0.4, 0.5) is 0 Å². The van der Waals surface area contributed by atoms with Crippen molar-refractivity contribution in [3.05, 3.63) is 35.4 Å². The van der Waals surface area contributed by atoms with Crippen LogP contribution >= 0.6 is 0 Å². The summed E-state index contributed by atoms with van der Waals surface area (Å²) >= 11 is 0. The molecule has 18 heavy (non-hydrogen) atoms. The predicted molar refractivity (Wildman–Crippen MR) is 72.2 cm³/mol. The molecule has 0 bridgehead atoms. The first-order valence-corrected chi connectivity index (χ1v) is 6.15. The summed E-state index contributed by atoms with van der Waals surface area (Å²) in [5, 5.41) is 2.94. The summed E-state index contributed by atoms with van der Waals surface area (Å²) in [4.78, 5) is 11.8. The number of benzene rings is 1. The van der Waals surface area contributed by atoms with Gasteiger partial charge in [-0.15, -0.1) is 0 Å². The normalized spacial score (nSPS) is 14.0. The number of hydrogen-bond acceptors (Lipinski definition) is 3. The quantitative estimate of drug-likeness (QED) is 0.805. The summed E-state index contributed by atoms with van der Waals surface area (Å²) in [5.41, 5.74) is 7.79. The Balaban J connectivity index is 2.51. The van der Waals surface area contributed by atoms with Gasteiger partial charge in [-0.05, 0) is 19.4 Å². The molecular formula is C14H22N2O2. The number of aryl methyl sites for hydroxylation is 1. The molecule has 1 amide bonds. The van der Waals surface area contributed by atoms with E-state index in [1.165, 1.54) is 5.56 Å². The number of methoxy groups -OCH3 is 1. The van der Waals surface area contributed by atoms with E-state index in [2.05, 4.69) is 5.32 Å². The average Bonchev–Trinajstić information content (AvgIpc) is 2.36. The van der Waals surface area contributed by atoms with Crippen molar-refractivity contribution >= 4 is 5.91 Å². The molecule has 0 heterocycles. The maximum atomic E-state index is 11.8. The molecule has 100 valence electrons. The number of carbonyl (C=O) groups is 1. The molecule has 0 aromatic heterocycles. The van der Waals surface area contributed by atoms with E-state index in [1.54, 1.807) is 7.11 Å². The minimum absolute atomic E-state index is 0.00613. The number of nitrogens with two attached hydrogens (primary N) is 1. The number of amides is 1. The van der Waals surface area contributed by atoms with Crippen LogP contribution in [-0.2, 0) is 9.53 Å². The molecule has 0 saturated heterocycles. The van der Waals surface area contributed by atoms with Crippen molar-refractivity contribution in [1.82, 2.24) is 5.32 Å². The van der Waals surface area contributed by atoms with Crippen LogP contribution in [0, 0.1) is 6.92 Å². The van der Waals surface area contributed by atoms with Gasteiger partial charge in [0.25, 0.3) is 0 Å². The summed E-state index contributed by atoms with van der Waals surface area (Å²) in [5.74, 6) is -0.0413. The first kappa shape index (κ1) is 14.7. The van der Waals surface area contributed by atoms with Gasteiger partial charge in [0.05, 0.1) is 18.6 Å². The molecular weight excluding hydrogens is 228 g/mol. The minimum Gasteiger partial charge on any atom is -0.380 e. The van der Waals surface area contributed by atoms with Crippen molar-refractivity contribution < 1.29 is 9.53 Å². The van der Waals surface area contributed by atoms with Crippen LogP contribution < -0.4 is 11.1 Å². The first-order valence-electron chi connectivity index (χ1n) is 6.15. The van der Waals surface area contributed by atoms with Crippen molar-refractivity contribution in [1.29, 1.82) is 0 Å². The van der Waals surface area contributed by atoms with E-state index in [9.17, 15) is 4.79 Å². The van der Waals surface area contributed by atoms with Crippen molar-refractivity contribution in [2.45, 2.75) is 32.4 Å². The highest BCUT2D eigenvalue weighted by Crippen LogP contribution is 2.13. The molecule has 0 radical (unpaired) electrons. The maximum Gasteiger partial charge on any atom is 0.223 e. The second-order valence-electron chi connectivity index (χ2n) is 4.50. The molecule has 3 N–H and O–H groups in total. The summed E-state index contributed by atoms with van der Waals surface area (Å²) in [7, 11) is 1.56. The molecule has 1 unspecified atom stereocenters. The Bertz CT molecular complexity index is 372. The zero-order valence-corrected chi connectivity index (χ0v) is 11.3. The predicted octanol–water partition coefficient (Wildman–Crippen LogP) is 1.54. The van der Waals surface area contributed by atoms with E-state index >= 15 is 0 Å². The van der Waals surface area contributed by atoms with E-state index < -0.39 is 0 Å². The van der Waals surface area contributed by atoms with Gasteiger partial charge in [0.15, 0.2) is 0 Å². The van der Waals surface area contributed by atoms with Crippen LogP contribution in [-0.4, -0.2) is 25.7 Å². The SMILES string of the molecule is COC(CN)CC(=O)N[C@@H](C)c1ccc(C)cc1. The lowest BCUT2D eigenvalue weighted by atomic mass is 10.1. The van der Waals surface area contributed by atoms with Crippen LogP contribution in [0.5, 0.6) is 0 Å². The van der Waals surface area contributed by atoms with Crippen molar-refractivity contribution in [3.63, 3.8) is 0 Å². The molecule has 0 fully saturated rings. The van der Waals surface area contributed by atoms with E-state index in [0.717, 1.165) is 5.56 Å². The smallest absolute Gasteiger partial charge is 0.223 e. The first-order chi connectivity index (χ1) is 8.56. The summed E-state index contributed by atoms with van der Waals surface area (Å²) < 4.78 is 5.09. The molecule has 0 aliphatic carbocycles. The largest absolute Gasteiger partial charge is 0.380 e. The zero-order chi connectivity index (χ0) is 13.5. The summed E-state index contributed by atoms with van der Waals surface area (Å²) in [6.07, 6.45) is 0.0821. The van der Waals surface area contributed by atoms with Gasteiger partial charge in [-0.2, -0.15) is 0 Å². The molecule has 0 saturated carbocycles. The number of carbonyl (C=O) groups excluding carboxylic acids is 1. The Hall–Kier alpha value is -1.39. The highest BCUT2D eigenvalue weighted by atomic mass is 16.5. The highest BCUT2D eigenvalue weighted by molar-refractivity contribution is 5.76. The van der Waals surface area contributed by atoms with Gasteiger partial charge >= 0.3 is 0 Å². The molecule has 1 rings (SSSR count). The van der Waals surface area contributed by atoms with E-state index in [0.29, 0.717) is 13.0 Å². The van der Waals surface area contributed by atoms with Gasteiger partial charge < -0.3 is 15.8 Å². The van der Waals surface area contributed by atoms with E-state index in [1.807, 2.05) is 38.1 Å². The summed E-state index contributed by atoms with van der Waals surface area (Å²) in [6, 6.07) is 8.12. The summed E-state index contributed by atoms with van der Waals surface area (Å²) in [6.45, 7) is 4.35. The van der Waals surface area contributed by atoms with E-state index in [-0.39, 0.29) is 18.1 Å². The fourth-order valence-electron chi connectivity index (χ4n) is 1.71. The van der Waals surface area contributed by atoms with Gasteiger partial charge in [0.1, 0.15) is 0 Å². The fourth-order valence-corrected chi connectivity index (χ4v) is 1.71.